The van der Waals surface area contributed by atoms with E-state index in [1.807, 2.05) is 19.2 Å². The average Bonchev–Trinajstić information content (AvgIpc) is 3.09. The largest absolute Gasteiger partial charge is 0.355 e. The number of anilines is 1. The number of likely N-dealkylation sites (tertiary alicyclic amines) is 1. The minimum absolute atomic E-state index is 0.0822. The summed E-state index contributed by atoms with van der Waals surface area (Å²) in [6.45, 7) is 6.83. The number of hydrogen-bond donors (Lipinski definition) is 1. The average molecular weight is 260 g/mol. The van der Waals surface area contributed by atoms with E-state index in [4.69, 9.17) is 5.73 Å². The molecule has 0 bridgehead atoms. The highest BCUT2D eigenvalue weighted by atomic mass is 15.3. The highest BCUT2D eigenvalue weighted by Crippen LogP contribution is 2.25. The first-order valence-corrected chi connectivity index (χ1v) is 7.44. The Morgan fingerprint density at radius 2 is 2.11 bits per heavy atom. The zero-order chi connectivity index (χ0) is 13.2. The van der Waals surface area contributed by atoms with E-state index < -0.39 is 0 Å². The molecule has 1 aromatic rings. The van der Waals surface area contributed by atoms with Crippen molar-refractivity contribution in [2.45, 2.75) is 38.3 Å². The topological polar surface area (TPSA) is 45.4 Å². The van der Waals surface area contributed by atoms with Crippen molar-refractivity contribution in [3.8, 4) is 0 Å². The Balaban J connectivity index is 1.68. The maximum absolute atomic E-state index is 5.95. The molecular formula is C15H24N4. The lowest BCUT2D eigenvalue weighted by Gasteiger charge is -2.24. The predicted molar refractivity (Wildman–Crippen MR) is 78.3 cm³/mol. The maximum atomic E-state index is 5.95. The molecule has 2 N–H and O–H groups in total. The van der Waals surface area contributed by atoms with Gasteiger partial charge in [-0.2, -0.15) is 0 Å². The molecule has 3 rings (SSSR count). The lowest BCUT2D eigenvalue weighted by molar-refractivity contribution is 0.260. The third-order valence-corrected chi connectivity index (χ3v) is 4.44. The number of nitrogens with zero attached hydrogens (tertiary/aromatic N) is 3. The third-order valence-electron chi connectivity index (χ3n) is 4.44. The molecular weight excluding hydrogens is 236 g/mol. The van der Waals surface area contributed by atoms with E-state index in [9.17, 15) is 0 Å². The zero-order valence-corrected chi connectivity index (χ0v) is 11.8. The molecule has 2 saturated heterocycles. The SMILES string of the molecule is C[C@H](N)c1ccnc(N2CCC(N3CCCC3)C2)c1. The van der Waals surface area contributed by atoms with E-state index in [0.29, 0.717) is 0 Å². The van der Waals surface area contributed by atoms with Crippen LogP contribution in [0.25, 0.3) is 0 Å². The van der Waals surface area contributed by atoms with E-state index in [0.717, 1.165) is 24.9 Å². The molecule has 0 spiro atoms. The van der Waals surface area contributed by atoms with Crippen LogP contribution in [0.1, 0.15) is 37.8 Å². The van der Waals surface area contributed by atoms with Crippen LogP contribution in [0.4, 0.5) is 5.82 Å². The van der Waals surface area contributed by atoms with Crippen molar-refractivity contribution in [1.29, 1.82) is 0 Å². The van der Waals surface area contributed by atoms with Gasteiger partial charge in [-0.1, -0.05) is 0 Å². The molecule has 3 heterocycles. The van der Waals surface area contributed by atoms with Gasteiger partial charge in [0.25, 0.3) is 0 Å². The number of rotatable bonds is 3. The van der Waals surface area contributed by atoms with Gasteiger partial charge in [0.1, 0.15) is 5.82 Å². The van der Waals surface area contributed by atoms with E-state index in [2.05, 4.69) is 20.9 Å². The first-order valence-electron chi connectivity index (χ1n) is 7.44. The van der Waals surface area contributed by atoms with E-state index in [-0.39, 0.29) is 6.04 Å². The molecule has 2 aliphatic heterocycles. The van der Waals surface area contributed by atoms with Crippen LogP contribution in [0.5, 0.6) is 0 Å². The van der Waals surface area contributed by atoms with E-state index in [1.54, 1.807) is 0 Å². The first kappa shape index (κ1) is 12.9. The summed E-state index contributed by atoms with van der Waals surface area (Å²) in [6.07, 6.45) is 5.89. The molecule has 19 heavy (non-hydrogen) atoms. The molecule has 0 amide bonds. The van der Waals surface area contributed by atoms with Gasteiger partial charge in [0.15, 0.2) is 0 Å². The summed E-state index contributed by atoms with van der Waals surface area (Å²) in [4.78, 5) is 9.58. The second-order valence-corrected chi connectivity index (χ2v) is 5.87. The van der Waals surface area contributed by atoms with Crippen LogP contribution in [0.2, 0.25) is 0 Å². The summed E-state index contributed by atoms with van der Waals surface area (Å²) in [5.41, 5.74) is 7.13. The predicted octanol–water partition coefficient (Wildman–Crippen LogP) is 1.78. The number of hydrogen-bond acceptors (Lipinski definition) is 4. The number of aromatic nitrogens is 1. The van der Waals surface area contributed by atoms with Crippen molar-refractivity contribution >= 4 is 5.82 Å². The van der Waals surface area contributed by atoms with E-state index >= 15 is 0 Å². The van der Waals surface area contributed by atoms with Crippen molar-refractivity contribution in [2.75, 3.05) is 31.1 Å². The van der Waals surface area contributed by atoms with Crippen LogP contribution < -0.4 is 10.6 Å². The fraction of sp³-hybridized carbons (Fsp3) is 0.667. The molecule has 2 atom stereocenters. The fourth-order valence-electron chi connectivity index (χ4n) is 3.25. The number of pyridine rings is 1. The third kappa shape index (κ3) is 2.74. The molecule has 4 nitrogen and oxygen atoms in total. The van der Waals surface area contributed by atoms with Crippen LogP contribution >= 0.6 is 0 Å². The quantitative estimate of drug-likeness (QED) is 0.900. The molecule has 0 saturated carbocycles. The highest BCUT2D eigenvalue weighted by molar-refractivity contribution is 5.43. The second-order valence-electron chi connectivity index (χ2n) is 5.87. The van der Waals surface area contributed by atoms with Crippen molar-refractivity contribution in [2.24, 2.45) is 5.73 Å². The Labute approximate surface area is 115 Å². The smallest absolute Gasteiger partial charge is 0.128 e. The van der Waals surface area contributed by atoms with E-state index in [1.165, 1.54) is 37.9 Å². The van der Waals surface area contributed by atoms with Gasteiger partial charge in [0, 0.05) is 31.4 Å². The van der Waals surface area contributed by atoms with Crippen LogP contribution in [0.3, 0.4) is 0 Å². The highest BCUT2D eigenvalue weighted by Gasteiger charge is 2.29. The Kier molecular flexibility index (Phi) is 3.71. The Morgan fingerprint density at radius 1 is 1.32 bits per heavy atom. The van der Waals surface area contributed by atoms with Crippen molar-refractivity contribution in [3.05, 3.63) is 23.9 Å². The maximum Gasteiger partial charge on any atom is 0.128 e. The van der Waals surface area contributed by atoms with Gasteiger partial charge in [0.05, 0.1) is 0 Å². The molecule has 2 fully saturated rings. The molecule has 0 radical (unpaired) electrons. The summed E-state index contributed by atoms with van der Waals surface area (Å²) in [7, 11) is 0. The van der Waals surface area contributed by atoms with Crippen molar-refractivity contribution in [1.82, 2.24) is 9.88 Å². The lowest BCUT2D eigenvalue weighted by atomic mass is 10.1. The van der Waals surface area contributed by atoms with Gasteiger partial charge in [-0.3, -0.25) is 4.90 Å². The minimum Gasteiger partial charge on any atom is -0.355 e. The van der Waals surface area contributed by atoms with Crippen molar-refractivity contribution in [3.63, 3.8) is 0 Å². The summed E-state index contributed by atoms with van der Waals surface area (Å²) in [5.74, 6) is 1.09. The number of nitrogens with two attached hydrogens (primary N) is 1. The fourth-order valence-corrected chi connectivity index (χ4v) is 3.25. The van der Waals surface area contributed by atoms with Gasteiger partial charge in [-0.15, -0.1) is 0 Å². The molecule has 0 aromatic carbocycles. The molecule has 2 aliphatic rings. The minimum atomic E-state index is 0.0822. The monoisotopic (exact) mass is 260 g/mol. The second kappa shape index (κ2) is 5.47. The van der Waals surface area contributed by atoms with Gasteiger partial charge in [-0.05, 0) is 57.0 Å². The summed E-state index contributed by atoms with van der Waals surface area (Å²) in [5, 5.41) is 0. The van der Waals surface area contributed by atoms with Crippen LogP contribution in [0.15, 0.2) is 18.3 Å². The zero-order valence-electron chi connectivity index (χ0n) is 11.8. The standard InChI is InChI=1S/C15H24N4/c1-12(16)13-4-6-17-15(10-13)19-9-5-14(11-19)18-7-2-3-8-18/h4,6,10,12,14H,2-3,5,7-9,11,16H2,1H3/t12-,14?/m0/s1. The molecule has 0 aliphatic carbocycles. The molecule has 4 heteroatoms. The Hall–Kier alpha value is -1.13. The normalized spacial score (nSPS) is 26.0. The summed E-state index contributed by atoms with van der Waals surface area (Å²) < 4.78 is 0. The van der Waals surface area contributed by atoms with Gasteiger partial charge < -0.3 is 10.6 Å². The summed E-state index contributed by atoms with van der Waals surface area (Å²) in [6, 6.07) is 4.97. The molecule has 1 aromatic heterocycles. The van der Waals surface area contributed by atoms with Crippen LogP contribution in [0, 0.1) is 0 Å². The van der Waals surface area contributed by atoms with Crippen LogP contribution in [-0.4, -0.2) is 42.1 Å². The van der Waals surface area contributed by atoms with Gasteiger partial charge in [0.2, 0.25) is 0 Å². The first-order chi connectivity index (χ1) is 9.24. The molecule has 104 valence electrons. The summed E-state index contributed by atoms with van der Waals surface area (Å²) >= 11 is 0. The van der Waals surface area contributed by atoms with Gasteiger partial charge in [-0.25, -0.2) is 4.98 Å². The Morgan fingerprint density at radius 3 is 2.84 bits per heavy atom. The van der Waals surface area contributed by atoms with Gasteiger partial charge >= 0.3 is 0 Å². The Bertz CT molecular complexity index is 426. The van der Waals surface area contributed by atoms with Crippen molar-refractivity contribution < 1.29 is 0 Å². The molecule has 1 unspecified atom stereocenters. The van der Waals surface area contributed by atoms with Crippen LogP contribution in [-0.2, 0) is 0 Å². The lowest BCUT2D eigenvalue weighted by Crippen LogP contribution is -2.35.